The number of benzene rings is 2. The first-order valence-electron chi connectivity index (χ1n) is 5.71. The van der Waals surface area contributed by atoms with Crippen molar-refractivity contribution in [3.8, 4) is 5.75 Å². The Morgan fingerprint density at radius 2 is 1.81 bits per heavy atom. The van der Waals surface area contributed by atoms with E-state index in [9.17, 15) is 14.7 Å². The fraction of sp³-hybridized carbons (Fsp3) is 0. The zero-order valence-electron chi connectivity index (χ0n) is 10.4. The molecule has 0 fully saturated rings. The van der Waals surface area contributed by atoms with E-state index < -0.39 is 11.9 Å². The number of aromatic hydroxyl groups is 1. The summed E-state index contributed by atoms with van der Waals surface area (Å²) in [6, 6.07) is 8.58. The van der Waals surface area contributed by atoms with Crippen LogP contribution in [0, 0.1) is 0 Å². The SMILES string of the molecule is O=C(O)c1cc(NC(=O)c2cc(Br)ccc2Cl)ccc1O. The number of hydrogen-bond acceptors (Lipinski definition) is 3. The third kappa shape index (κ3) is 3.53. The lowest BCUT2D eigenvalue weighted by Gasteiger charge is -2.08. The van der Waals surface area contributed by atoms with Gasteiger partial charge >= 0.3 is 5.97 Å². The number of nitrogens with one attached hydrogen (secondary N) is 1. The van der Waals surface area contributed by atoms with Crippen LogP contribution in [-0.4, -0.2) is 22.1 Å². The zero-order valence-corrected chi connectivity index (χ0v) is 12.8. The molecule has 0 spiro atoms. The van der Waals surface area contributed by atoms with Gasteiger partial charge in [-0.1, -0.05) is 27.5 Å². The highest BCUT2D eigenvalue weighted by Gasteiger charge is 2.14. The van der Waals surface area contributed by atoms with Crippen LogP contribution < -0.4 is 5.32 Å². The molecule has 108 valence electrons. The molecule has 0 saturated carbocycles. The lowest BCUT2D eigenvalue weighted by atomic mass is 10.1. The summed E-state index contributed by atoms with van der Waals surface area (Å²) in [5.41, 5.74) is 0.190. The summed E-state index contributed by atoms with van der Waals surface area (Å²) in [5.74, 6) is -2.14. The number of aromatic carboxylic acids is 1. The standard InChI is InChI=1S/C14H9BrClNO4/c15-7-1-3-11(16)9(5-7)13(19)17-8-2-4-12(18)10(6-8)14(20)21/h1-6,18H,(H,17,19)(H,20,21). The zero-order chi connectivity index (χ0) is 15.6. The Morgan fingerprint density at radius 3 is 2.48 bits per heavy atom. The maximum absolute atomic E-state index is 12.1. The molecule has 0 aliphatic heterocycles. The molecule has 0 bridgehead atoms. The average Bonchev–Trinajstić information content (AvgIpc) is 2.43. The molecule has 0 heterocycles. The molecule has 0 radical (unpaired) electrons. The van der Waals surface area contributed by atoms with E-state index in [1.54, 1.807) is 18.2 Å². The van der Waals surface area contributed by atoms with Gasteiger partial charge in [0, 0.05) is 10.2 Å². The first kappa shape index (κ1) is 15.3. The van der Waals surface area contributed by atoms with E-state index >= 15 is 0 Å². The number of phenols is 1. The van der Waals surface area contributed by atoms with Gasteiger partial charge in [0.25, 0.3) is 5.91 Å². The van der Waals surface area contributed by atoms with Gasteiger partial charge < -0.3 is 15.5 Å². The van der Waals surface area contributed by atoms with Crippen molar-refractivity contribution in [3.05, 3.63) is 57.0 Å². The molecule has 0 saturated heterocycles. The number of carbonyl (C=O) groups excluding carboxylic acids is 1. The van der Waals surface area contributed by atoms with Crippen molar-refractivity contribution >= 4 is 45.1 Å². The van der Waals surface area contributed by atoms with E-state index in [1.165, 1.54) is 18.2 Å². The smallest absolute Gasteiger partial charge is 0.339 e. The van der Waals surface area contributed by atoms with E-state index in [1.807, 2.05) is 0 Å². The van der Waals surface area contributed by atoms with Gasteiger partial charge in [-0.2, -0.15) is 0 Å². The van der Waals surface area contributed by atoms with E-state index in [0.717, 1.165) is 0 Å². The second-order valence-corrected chi connectivity index (χ2v) is 5.44. The van der Waals surface area contributed by atoms with E-state index in [4.69, 9.17) is 16.7 Å². The quantitative estimate of drug-likeness (QED) is 0.718. The molecule has 21 heavy (non-hydrogen) atoms. The predicted octanol–water partition coefficient (Wildman–Crippen LogP) is 3.76. The number of carboxylic acid groups (broad SMARTS) is 1. The fourth-order valence-corrected chi connectivity index (χ4v) is 2.22. The number of anilines is 1. The number of carboxylic acids is 1. The molecule has 0 atom stereocenters. The highest BCUT2D eigenvalue weighted by atomic mass is 79.9. The lowest BCUT2D eigenvalue weighted by molar-refractivity contribution is 0.0693. The first-order valence-corrected chi connectivity index (χ1v) is 6.88. The van der Waals surface area contributed by atoms with Crippen molar-refractivity contribution in [2.75, 3.05) is 5.32 Å². The molecule has 0 aromatic heterocycles. The number of rotatable bonds is 3. The van der Waals surface area contributed by atoms with Gasteiger partial charge in [-0.15, -0.1) is 0 Å². The molecule has 0 aliphatic rings. The number of carbonyl (C=O) groups is 2. The van der Waals surface area contributed by atoms with E-state index in [0.29, 0.717) is 4.47 Å². The Labute approximate surface area is 133 Å². The van der Waals surface area contributed by atoms with Crippen LogP contribution >= 0.6 is 27.5 Å². The van der Waals surface area contributed by atoms with Gasteiger partial charge in [-0.3, -0.25) is 4.79 Å². The summed E-state index contributed by atoms with van der Waals surface area (Å²) in [4.78, 5) is 23.1. The van der Waals surface area contributed by atoms with Crippen molar-refractivity contribution in [2.45, 2.75) is 0 Å². The highest BCUT2D eigenvalue weighted by molar-refractivity contribution is 9.10. The molecule has 5 nitrogen and oxygen atoms in total. The third-order valence-electron chi connectivity index (χ3n) is 2.66. The number of hydrogen-bond donors (Lipinski definition) is 3. The van der Waals surface area contributed by atoms with Crippen LogP contribution in [0.25, 0.3) is 0 Å². The molecule has 0 unspecified atom stereocenters. The molecule has 2 aromatic rings. The summed E-state index contributed by atoms with van der Waals surface area (Å²) in [6.45, 7) is 0. The van der Waals surface area contributed by atoms with Crippen molar-refractivity contribution < 1.29 is 19.8 Å². The van der Waals surface area contributed by atoms with Crippen LogP contribution in [0.15, 0.2) is 40.9 Å². The van der Waals surface area contributed by atoms with Crippen LogP contribution in [0.1, 0.15) is 20.7 Å². The second kappa shape index (κ2) is 6.15. The van der Waals surface area contributed by atoms with E-state index in [2.05, 4.69) is 21.2 Å². The van der Waals surface area contributed by atoms with Gasteiger partial charge in [0.2, 0.25) is 0 Å². The number of halogens is 2. The molecule has 1 amide bonds. The second-order valence-electron chi connectivity index (χ2n) is 4.12. The summed E-state index contributed by atoms with van der Waals surface area (Å²) < 4.78 is 0.689. The first-order chi connectivity index (χ1) is 9.88. The van der Waals surface area contributed by atoms with Crippen molar-refractivity contribution in [1.82, 2.24) is 0 Å². The molecule has 3 N–H and O–H groups in total. The monoisotopic (exact) mass is 369 g/mol. The average molecular weight is 371 g/mol. The third-order valence-corrected chi connectivity index (χ3v) is 3.48. The van der Waals surface area contributed by atoms with Crippen molar-refractivity contribution in [2.24, 2.45) is 0 Å². The molecular formula is C14H9BrClNO4. The molecular weight excluding hydrogens is 362 g/mol. The normalized spacial score (nSPS) is 10.2. The van der Waals surface area contributed by atoms with Gasteiger partial charge in [0.15, 0.2) is 0 Å². The summed E-state index contributed by atoms with van der Waals surface area (Å²) in [7, 11) is 0. The highest BCUT2D eigenvalue weighted by Crippen LogP contribution is 2.24. The van der Waals surface area contributed by atoms with Gasteiger partial charge in [0.05, 0.1) is 10.6 Å². The maximum Gasteiger partial charge on any atom is 0.339 e. The maximum atomic E-state index is 12.1. The van der Waals surface area contributed by atoms with Crippen molar-refractivity contribution in [1.29, 1.82) is 0 Å². The molecule has 7 heteroatoms. The topological polar surface area (TPSA) is 86.6 Å². The van der Waals surface area contributed by atoms with Crippen LogP contribution in [0.2, 0.25) is 5.02 Å². The van der Waals surface area contributed by atoms with Gasteiger partial charge in [-0.05, 0) is 36.4 Å². The van der Waals surface area contributed by atoms with Crippen molar-refractivity contribution in [3.63, 3.8) is 0 Å². The Bertz CT molecular complexity index is 733. The minimum absolute atomic E-state index is 0.242. The van der Waals surface area contributed by atoms with E-state index in [-0.39, 0.29) is 27.6 Å². The summed E-state index contributed by atoms with van der Waals surface area (Å²) in [5, 5.41) is 21.1. The molecule has 2 aromatic carbocycles. The Kier molecular flexibility index (Phi) is 4.50. The van der Waals surface area contributed by atoms with Crippen LogP contribution in [0.5, 0.6) is 5.75 Å². The van der Waals surface area contributed by atoms with Crippen LogP contribution in [0.3, 0.4) is 0 Å². The van der Waals surface area contributed by atoms with Crippen LogP contribution in [-0.2, 0) is 0 Å². The summed E-state index contributed by atoms with van der Waals surface area (Å²) in [6.07, 6.45) is 0. The predicted molar refractivity (Wildman–Crippen MR) is 82.2 cm³/mol. The van der Waals surface area contributed by atoms with Gasteiger partial charge in [0.1, 0.15) is 11.3 Å². The molecule has 0 aliphatic carbocycles. The summed E-state index contributed by atoms with van der Waals surface area (Å²) >= 11 is 9.19. The number of amides is 1. The minimum atomic E-state index is -1.29. The van der Waals surface area contributed by atoms with Crippen LogP contribution in [0.4, 0.5) is 5.69 Å². The van der Waals surface area contributed by atoms with Gasteiger partial charge in [-0.25, -0.2) is 4.79 Å². The Balaban J connectivity index is 2.29. The fourth-order valence-electron chi connectivity index (χ4n) is 1.66. The minimum Gasteiger partial charge on any atom is -0.507 e. The largest absolute Gasteiger partial charge is 0.507 e. The lowest BCUT2D eigenvalue weighted by Crippen LogP contribution is -2.13. The Morgan fingerprint density at radius 1 is 1.10 bits per heavy atom. The Hall–Kier alpha value is -2.05. The molecule has 2 rings (SSSR count).